The molecule has 0 nitrogen and oxygen atoms in total. The lowest BCUT2D eigenvalue weighted by atomic mass is 10.0. The minimum absolute atomic E-state index is 1.25. The molecule has 0 heterocycles. The van der Waals surface area contributed by atoms with Crippen molar-refractivity contribution in [2.75, 3.05) is 0 Å². The third-order valence-electron chi connectivity index (χ3n) is 1.71. The molecule has 0 radical (unpaired) electrons. The lowest BCUT2D eigenvalue weighted by Gasteiger charge is -2.05. The summed E-state index contributed by atoms with van der Waals surface area (Å²) in [6, 6.07) is 0. The van der Waals surface area contributed by atoms with E-state index in [0.717, 1.165) is 0 Å². The molecule has 0 N–H and O–H groups in total. The summed E-state index contributed by atoms with van der Waals surface area (Å²) < 4.78 is 0. The first kappa shape index (κ1) is 63.3. The van der Waals surface area contributed by atoms with Crippen molar-refractivity contribution < 1.29 is 0 Å². The summed E-state index contributed by atoms with van der Waals surface area (Å²) in [5.74, 6) is 0. The van der Waals surface area contributed by atoms with Crippen LogP contribution in [0.5, 0.6) is 0 Å². The van der Waals surface area contributed by atoms with Crippen LogP contribution in [0.4, 0.5) is 0 Å². The molecule has 0 aromatic heterocycles. The van der Waals surface area contributed by atoms with E-state index >= 15 is 0 Å². The van der Waals surface area contributed by atoms with Crippen molar-refractivity contribution in [3.8, 4) is 0 Å². The molecule has 0 bridgehead atoms. The largest absolute Gasteiger partial charge is 0.0683 e. The van der Waals surface area contributed by atoms with Gasteiger partial charge in [0.25, 0.3) is 0 Å². The van der Waals surface area contributed by atoms with Crippen molar-refractivity contribution in [2.24, 2.45) is 0 Å². The van der Waals surface area contributed by atoms with E-state index in [0.29, 0.717) is 0 Å². The molecule has 31 heavy (non-hydrogen) atoms. The Balaban J connectivity index is -0.0000000195. The Morgan fingerprint density at radius 3 is 0.258 bits per heavy atom. The fraction of sp³-hybridized carbons (Fsp3) is 1.00. The third-order valence-corrected chi connectivity index (χ3v) is 1.71. The molecular formula is C31H82. The monoisotopic (exact) mass is 455 g/mol. The van der Waals surface area contributed by atoms with Crippen LogP contribution in [0.15, 0.2) is 0 Å². The minimum atomic E-state index is 1.25. The molecule has 0 aliphatic heterocycles. The molecule has 0 atom stereocenters. The van der Waals surface area contributed by atoms with Crippen LogP contribution in [0.3, 0.4) is 0 Å². The normalized spacial score (nSPS) is 10.1. The van der Waals surface area contributed by atoms with E-state index in [-0.39, 0.29) is 0 Å². The van der Waals surface area contributed by atoms with Gasteiger partial charge in [-0.15, -0.1) is 0 Å². The predicted molar refractivity (Wildman–Crippen MR) is 164 cm³/mol. The smallest absolute Gasteiger partial charge is 0.0533 e. The maximum Gasteiger partial charge on any atom is -0.0533 e. The van der Waals surface area contributed by atoms with Crippen LogP contribution in [0, 0.1) is 0 Å². The fourth-order valence-electron chi connectivity index (χ4n) is 0.250. The first-order valence-corrected chi connectivity index (χ1v) is 15.4. The summed E-state index contributed by atoms with van der Waals surface area (Å²) in [4.78, 5) is 0. The van der Waals surface area contributed by atoms with Crippen LogP contribution in [-0.4, -0.2) is 0 Å². The van der Waals surface area contributed by atoms with Gasteiger partial charge in [0.15, 0.2) is 0 Å². The lowest BCUT2D eigenvalue weighted by molar-refractivity contribution is 0.504. The van der Waals surface area contributed by atoms with E-state index in [9.17, 15) is 0 Å². The fourth-order valence-corrected chi connectivity index (χ4v) is 0.250. The summed E-state index contributed by atoms with van der Waals surface area (Å²) >= 11 is 0. The van der Waals surface area contributed by atoms with Crippen molar-refractivity contribution in [3.05, 3.63) is 0 Å². The van der Waals surface area contributed by atoms with Gasteiger partial charge in [0.2, 0.25) is 0 Å². The molecule has 0 spiro atoms. The van der Waals surface area contributed by atoms with Gasteiger partial charge in [0.05, 0.1) is 0 Å². The summed E-state index contributed by atoms with van der Waals surface area (Å²) in [5.41, 5.74) is 0. The van der Waals surface area contributed by atoms with E-state index < -0.39 is 0 Å². The number of hydrogen-bond donors (Lipinski definition) is 0. The molecule has 3 aliphatic carbocycles. The molecule has 3 rings (SSSR count). The molecule has 3 fully saturated rings. The Labute approximate surface area is 209 Å². The van der Waals surface area contributed by atoms with Gasteiger partial charge >= 0.3 is 0 Å². The molecule has 0 amide bonds. The maximum absolute atomic E-state index is 2.12. The molecule has 3 aliphatic rings. The van der Waals surface area contributed by atoms with Crippen LogP contribution in [-0.2, 0) is 0 Å². The van der Waals surface area contributed by atoms with E-state index in [4.69, 9.17) is 0 Å². The van der Waals surface area contributed by atoms with E-state index in [1.165, 1.54) is 70.6 Å². The highest BCUT2D eigenvalue weighted by molar-refractivity contribution is 4.51. The van der Waals surface area contributed by atoms with Crippen LogP contribution >= 0.6 is 0 Å². The van der Waals surface area contributed by atoms with Gasteiger partial charge in [-0.25, -0.2) is 0 Å². The first-order valence-electron chi connectivity index (χ1n) is 15.4. The van der Waals surface area contributed by atoms with Crippen molar-refractivity contribution in [1.82, 2.24) is 0 Å². The Kier molecular flexibility index (Phi) is 426. The van der Waals surface area contributed by atoms with Gasteiger partial charge in [-0.05, 0) is 0 Å². The molecule has 0 heteroatoms. The molecule has 0 saturated heterocycles. The minimum Gasteiger partial charge on any atom is -0.0683 e. The zero-order valence-electron chi connectivity index (χ0n) is 27.8. The third kappa shape index (κ3) is 653. The second-order valence-corrected chi connectivity index (χ2v) is 4.24. The molecule has 0 unspecified atom stereocenters. The second-order valence-electron chi connectivity index (χ2n) is 4.24. The Bertz CT molecular complexity index is 52.6. The van der Waals surface area contributed by atoms with Gasteiger partial charge in [0, 0.05) is 0 Å². The van der Waals surface area contributed by atoms with Gasteiger partial charge in [-0.2, -0.15) is 0 Å². The Morgan fingerprint density at radius 1 is 0.226 bits per heavy atom. The van der Waals surface area contributed by atoms with Crippen LogP contribution < -0.4 is 0 Å². The zero-order chi connectivity index (χ0) is 27.8. The maximum atomic E-state index is 2.12. The van der Waals surface area contributed by atoms with E-state index in [1.54, 1.807) is 0 Å². The summed E-state index contributed by atoms with van der Waals surface area (Å²) in [6.07, 6.45) is 16.2. The van der Waals surface area contributed by atoms with Gasteiger partial charge in [-0.1, -0.05) is 209 Å². The summed E-state index contributed by atoms with van der Waals surface area (Å²) in [6.45, 7) is 40.2. The molecule has 206 valence electrons. The summed E-state index contributed by atoms with van der Waals surface area (Å²) in [7, 11) is 0. The van der Waals surface area contributed by atoms with Gasteiger partial charge in [0.1, 0.15) is 0 Å². The van der Waals surface area contributed by atoms with Crippen molar-refractivity contribution >= 4 is 0 Å². The molecule has 0 aromatic rings. The average molecular weight is 455 g/mol. The van der Waals surface area contributed by atoms with Crippen molar-refractivity contribution in [1.29, 1.82) is 0 Å². The van der Waals surface area contributed by atoms with E-state index in [1.807, 2.05) is 125 Å². The second kappa shape index (κ2) is 209. The Hall–Kier alpha value is 0. The van der Waals surface area contributed by atoms with E-state index in [2.05, 4.69) is 13.8 Å². The van der Waals surface area contributed by atoms with Gasteiger partial charge in [-0.3, -0.25) is 0 Å². The number of hydrogen-bond acceptors (Lipinski definition) is 0. The van der Waals surface area contributed by atoms with Crippen LogP contribution in [0.2, 0.25) is 0 Å². The van der Waals surface area contributed by atoms with Crippen LogP contribution in [0.25, 0.3) is 0 Å². The quantitative estimate of drug-likeness (QED) is 0.341. The Morgan fingerprint density at radius 2 is 0.258 bits per heavy atom. The SMILES string of the molecule is C1CC1.C1CC1.C1CCC1.CC.CC.CC.CC.CC.CC.CC.CC.CC.CCC. The highest BCUT2D eigenvalue weighted by Crippen LogP contribution is 2.15. The molecule has 3 saturated carbocycles. The molecular weight excluding hydrogens is 372 g/mol. The van der Waals surface area contributed by atoms with Crippen molar-refractivity contribution in [3.63, 3.8) is 0 Å². The van der Waals surface area contributed by atoms with Crippen molar-refractivity contribution in [2.45, 2.75) is 209 Å². The highest BCUT2D eigenvalue weighted by Gasteiger charge is 1.95. The lowest BCUT2D eigenvalue weighted by Crippen LogP contribution is -1.85. The predicted octanol–water partition coefficient (Wildman–Crippen LogP) is 14.6. The van der Waals surface area contributed by atoms with Gasteiger partial charge < -0.3 is 0 Å². The zero-order valence-corrected chi connectivity index (χ0v) is 27.8. The topological polar surface area (TPSA) is 0 Å². The summed E-state index contributed by atoms with van der Waals surface area (Å²) in [5, 5.41) is 0. The molecule has 0 aromatic carbocycles. The number of rotatable bonds is 0. The first-order chi connectivity index (χ1) is 15.4. The van der Waals surface area contributed by atoms with Crippen LogP contribution in [0.1, 0.15) is 209 Å². The average Bonchev–Trinajstić information content (AvgIpc) is 3.75. The highest BCUT2D eigenvalue weighted by atomic mass is 14.0. The standard InChI is InChI=1S/C4H8.2C3H6.C3H8.9C2H6/c1-2-4-3-1;2*1-2-3-1;1-3-2;9*1-2/h1-4H2;2*1-3H2;3H2,1-2H3;9*1-2H3.